The largest absolute Gasteiger partial charge is 0.508 e. The Labute approximate surface area is 180 Å². The number of rotatable bonds is 6. The lowest BCUT2D eigenvalue weighted by Gasteiger charge is -2.24. The van der Waals surface area contributed by atoms with Gasteiger partial charge in [0.05, 0.1) is 18.9 Å². The highest BCUT2D eigenvalue weighted by Crippen LogP contribution is 2.46. The maximum Gasteiger partial charge on any atom is 0.356 e. The van der Waals surface area contributed by atoms with E-state index in [-0.39, 0.29) is 42.9 Å². The van der Waals surface area contributed by atoms with Crippen LogP contribution in [0.2, 0.25) is 0 Å². The highest BCUT2D eigenvalue weighted by Gasteiger charge is 2.29. The third kappa shape index (κ3) is 3.97. The molecule has 0 aliphatic heterocycles. The van der Waals surface area contributed by atoms with Crippen molar-refractivity contribution in [3.05, 3.63) is 41.6 Å². The predicted octanol–water partition coefficient (Wildman–Crippen LogP) is 4.33. The van der Waals surface area contributed by atoms with E-state index in [4.69, 9.17) is 4.74 Å². The summed E-state index contributed by atoms with van der Waals surface area (Å²) in [6.07, 6.45) is 5.53. The molecule has 0 radical (unpaired) electrons. The zero-order valence-electron chi connectivity index (χ0n) is 17.7. The highest BCUT2D eigenvalue weighted by molar-refractivity contribution is 5.95. The maximum atomic E-state index is 12.3. The Morgan fingerprint density at radius 3 is 2.61 bits per heavy atom. The Bertz CT molecular complexity index is 1100. The van der Waals surface area contributed by atoms with Crippen LogP contribution in [0.5, 0.6) is 11.5 Å². The number of aromatic nitrogens is 2. The summed E-state index contributed by atoms with van der Waals surface area (Å²) in [7, 11) is 0. The molecule has 1 aliphatic rings. The lowest BCUT2D eigenvalue weighted by Crippen LogP contribution is -2.10. The van der Waals surface area contributed by atoms with Crippen molar-refractivity contribution in [1.82, 2.24) is 9.55 Å². The Morgan fingerprint density at radius 2 is 1.94 bits per heavy atom. The molecule has 0 unspecified atom stereocenters. The fraction of sp³-hybridized carbons (Fsp3) is 0.417. The molecular weight excluding hydrogens is 396 g/mol. The lowest BCUT2D eigenvalue weighted by atomic mass is 9.82. The summed E-state index contributed by atoms with van der Waals surface area (Å²) >= 11 is 0. The van der Waals surface area contributed by atoms with Gasteiger partial charge in [0.25, 0.3) is 0 Å². The second-order valence-corrected chi connectivity index (χ2v) is 7.96. The Kier molecular flexibility index (Phi) is 6.13. The molecular formula is C24H28N2O5. The molecule has 1 aromatic carbocycles. The molecule has 1 fully saturated rings. The molecule has 3 aromatic rings. The number of phenols is 2. The molecule has 164 valence electrons. The minimum Gasteiger partial charge on any atom is -0.508 e. The molecule has 0 bridgehead atoms. The normalized spacial score (nSPS) is 14.8. The molecule has 7 nitrogen and oxygen atoms in total. The molecule has 2 heterocycles. The van der Waals surface area contributed by atoms with Gasteiger partial charge >= 0.3 is 5.97 Å². The monoisotopic (exact) mass is 424 g/mol. The van der Waals surface area contributed by atoms with E-state index in [9.17, 15) is 20.1 Å². The second-order valence-electron chi connectivity index (χ2n) is 7.96. The zero-order chi connectivity index (χ0) is 22.0. The average Bonchev–Trinajstić information content (AvgIpc) is 3.08. The molecule has 2 aromatic heterocycles. The van der Waals surface area contributed by atoms with Gasteiger partial charge in [-0.05, 0) is 55.5 Å². The van der Waals surface area contributed by atoms with Gasteiger partial charge in [0.15, 0.2) is 5.69 Å². The number of aliphatic hydroxyl groups is 1. The Balaban J connectivity index is 2.01. The number of carbonyl (C=O) groups is 1. The van der Waals surface area contributed by atoms with Gasteiger partial charge in [-0.3, -0.25) is 0 Å². The van der Waals surface area contributed by atoms with Gasteiger partial charge in [-0.2, -0.15) is 0 Å². The third-order valence-corrected chi connectivity index (χ3v) is 6.00. The average molecular weight is 424 g/mol. The van der Waals surface area contributed by atoms with E-state index in [1.54, 1.807) is 19.1 Å². The number of carbonyl (C=O) groups excluding carboxylic acids is 1. The van der Waals surface area contributed by atoms with Crippen LogP contribution >= 0.6 is 0 Å². The molecule has 1 aliphatic carbocycles. The predicted molar refractivity (Wildman–Crippen MR) is 117 cm³/mol. The van der Waals surface area contributed by atoms with Crippen LogP contribution in [0.3, 0.4) is 0 Å². The number of aromatic hydroxyl groups is 2. The zero-order valence-corrected chi connectivity index (χ0v) is 17.7. The van der Waals surface area contributed by atoms with Crippen LogP contribution in [-0.4, -0.2) is 44.1 Å². The number of nitrogens with zero attached hydrogens (tertiary/aromatic N) is 2. The van der Waals surface area contributed by atoms with Crippen LogP contribution in [0.1, 0.15) is 61.0 Å². The second kappa shape index (κ2) is 8.98. The third-order valence-electron chi connectivity index (χ3n) is 6.00. The van der Waals surface area contributed by atoms with Gasteiger partial charge < -0.3 is 24.6 Å². The Hall–Kier alpha value is -3.06. The molecule has 31 heavy (non-hydrogen) atoms. The van der Waals surface area contributed by atoms with Crippen molar-refractivity contribution in [1.29, 1.82) is 0 Å². The van der Waals surface area contributed by atoms with Crippen LogP contribution < -0.4 is 0 Å². The fourth-order valence-electron chi connectivity index (χ4n) is 4.69. The summed E-state index contributed by atoms with van der Waals surface area (Å²) in [5.41, 5.74) is 3.22. The summed E-state index contributed by atoms with van der Waals surface area (Å²) in [5.74, 6) is -0.262. The number of ether oxygens (including phenoxy) is 1. The molecule has 1 saturated carbocycles. The van der Waals surface area contributed by atoms with Crippen molar-refractivity contribution in [2.24, 2.45) is 0 Å². The first-order valence-electron chi connectivity index (χ1n) is 10.9. The summed E-state index contributed by atoms with van der Waals surface area (Å²) in [6, 6.07) is 8.12. The topological polar surface area (TPSA) is 105 Å². The number of fused-ring (bicyclic) bond motifs is 1. The van der Waals surface area contributed by atoms with Crippen LogP contribution in [0.4, 0.5) is 0 Å². The fourth-order valence-corrected chi connectivity index (χ4v) is 4.69. The molecule has 3 N–H and O–H groups in total. The van der Waals surface area contributed by atoms with Crippen molar-refractivity contribution in [3.8, 4) is 22.8 Å². The van der Waals surface area contributed by atoms with E-state index in [0.717, 1.165) is 42.3 Å². The number of benzene rings is 1. The Morgan fingerprint density at radius 1 is 1.16 bits per heavy atom. The van der Waals surface area contributed by atoms with E-state index in [2.05, 4.69) is 4.98 Å². The summed E-state index contributed by atoms with van der Waals surface area (Å²) in [4.78, 5) is 16.9. The minimum absolute atomic E-state index is 0.0204. The molecule has 7 heteroatoms. The SMILES string of the molecule is CCOC(=O)c1ccc2c(C3CCCCC3)c(-c3ccc(O)cc3O)n(CCO)c2n1. The van der Waals surface area contributed by atoms with E-state index >= 15 is 0 Å². The van der Waals surface area contributed by atoms with Crippen LogP contribution in [0.15, 0.2) is 30.3 Å². The number of esters is 1. The number of aliphatic hydroxyl groups excluding tert-OH is 1. The minimum atomic E-state index is -0.491. The lowest BCUT2D eigenvalue weighted by molar-refractivity contribution is 0.0520. The van der Waals surface area contributed by atoms with Crippen molar-refractivity contribution in [2.45, 2.75) is 51.5 Å². The van der Waals surface area contributed by atoms with E-state index in [0.29, 0.717) is 11.2 Å². The first-order chi connectivity index (χ1) is 15.0. The van der Waals surface area contributed by atoms with Crippen LogP contribution in [0.25, 0.3) is 22.3 Å². The summed E-state index contributed by atoms with van der Waals surface area (Å²) in [6.45, 7) is 2.15. The molecule has 0 saturated heterocycles. The summed E-state index contributed by atoms with van der Waals surface area (Å²) in [5, 5.41) is 31.2. The van der Waals surface area contributed by atoms with E-state index in [1.807, 2.05) is 10.6 Å². The maximum absolute atomic E-state index is 12.3. The van der Waals surface area contributed by atoms with Gasteiger partial charge in [0.2, 0.25) is 0 Å². The summed E-state index contributed by atoms with van der Waals surface area (Å²) < 4.78 is 6.99. The first-order valence-corrected chi connectivity index (χ1v) is 10.9. The highest BCUT2D eigenvalue weighted by atomic mass is 16.5. The molecule has 0 amide bonds. The van der Waals surface area contributed by atoms with Gasteiger partial charge in [-0.25, -0.2) is 9.78 Å². The van der Waals surface area contributed by atoms with E-state index < -0.39 is 5.97 Å². The first kappa shape index (κ1) is 21.2. The van der Waals surface area contributed by atoms with Crippen LogP contribution in [0, 0.1) is 0 Å². The van der Waals surface area contributed by atoms with Crippen molar-refractivity contribution < 1.29 is 24.9 Å². The van der Waals surface area contributed by atoms with E-state index in [1.165, 1.54) is 18.6 Å². The number of pyridine rings is 1. The van der Waals surface area contributed by atoms with Gasteiger partial charge in [-0.15, -0.1) is 0 Å². The number of hydrogen-bond acceptors (Lipinski definition) is 6. The molecule has 0 atom stereocenters. The van der Waals surface area contributed by atoms with Crippen molar-refractivity contribution in [3.63, 3.8) is 0 Å². The van der Waals surface area contributed by atoms with Gasteiger partial charge in [0, 0.05) is 23.6 Å². The van der Waals surface area contributed by atoms with Crippen molar-refractivity contribution in [2.75, 3.05) is 13.2 Å². The van der Waals surface area contributed by atoms with Gasteiger partial charge in [0.1, 0.15) is 17.1 Å². The van der Waals surface area contributed by atoms with Crippen molar-refractivity contribution >= 4 is 17.0 Å². The standard InChI is InChI=1S/C24H28N2O5/c1-2-31-24(30)19-11-10-18-21(15-6-4-3-5-7-15)22(26(12-13-27)23(18)25-19)17-9-8-16(28)14-20(17)29/h8-11,14-15,27-29H,2-7,12-13H2,1H3. The number of phenolic OH excluding ortho intramolecular Hbond substituents is 2. The van der Waals surface area contributed by atoms with Crippen LogP contribution in [-0.2, 0) is 11.3 Å². The quantitative estimate of drug-likeness (QED) is 0.509. The molecule has 0 spiro atoms. The number of hydrogen-bond donors (Lipinski definition) is 3. The smallest absolute Gasteiger partial charge is 0.356 e. The molecule has 4 rings (SSSR count). The van der Waals surface area contributed by atoms with Gasteiger partial charge in [-0.1, -0.05) is 19.3 Å².